The van der Waals surface area contributed by atoms with Gasteiger partial charge in [0.05, 0.1) is 6.04 Å². The molecule has 0 saturated heterocycles. The first-order valence-corrected chi connectivity index (χ1v) is 7.15. The van der Waals surface area contributed by atoms with Crippen molar-refractivity contribution in [2.75, 3.05) is 19.0 Å². The van der Waals surface area contributed by atoms with Crippen LogP contribution < -0.4 is 10.2 Å². The van der Waals surface area contributed by atoms with Crippen LogP contribution in [0.1, 0.15) is 31.4 Å². The number of nitrogens with zero attached hydrogens (tertiary/aromatic N) is 1. The number of carbonyl (C=O) groups is 1. The van der Waals surface area contributed by atoms with Crippen LogP contribution in [0.15, 0.2) is 18.2 Å². The van der Waals surface area contributed by atoms with Crippen molar-refractivity contribution in [3.8, 4) is 11.8 Å². The fourth-order valence-corrected chi connectivity index (χ4v) is 2.43. The number of nitrogens with one attached hydrogen (secondary N) is 1. The molecule has 1 aliphatic heterocycles. The highest BCUT2D eigenvalue weighted by Gasteiger charge is 2.26. The Labute approximate surface area is 126 Å². The molecule has 112 valence electrons. The van der Waals surface area contributed by atoms with Gasteiger partial charge in [0.25, 0.3) is 0 Å². The topological polar surface area (TPSA) is 52.6 Å². The fraction of sp³-hybridized carbons (Fsp3) is 0.471. The average molecular weight is 286 g/mol. The average Bonchev–Trinajstić information content (AvgIpc) is 2.55. The van der Waals surface area contributed by atoms with Crippen molar-refractivity contribution >= 4 is 11.6 Å². The van der Waals surface area contributed by atoms with Crippen molar-refractivity contribution in [1.82, 2.24) is 5.32 Å². The Morgan fingerprint density at radius 3 is 2.76 bits per heavy atom. The van der Waals surface area contributed by atoms with Crippen molar-refractivity contribution < 1.29 is 9.90 Å². The summed E-state index contributed by atoms with van der Waals surface area (Å²) in [4.78, 5) is 14.0. The Kier molecular flexibility index (Phi) is 4.36. The molecular formula is C17H22N2O2. The second-order valence-electron chi connectivity index (χ2n) is 5.93. The smallest absolute Gasteiger partial charge is 0.243 e. The summed E-state index contributed by atoms with van der Waals surface area (Å²) in [5, 5.41) is 12.7. The SMILES string of the molecule is CNC1CCc2ccc(C#CC(C)(C)O)cc2N(C)C1=O. The van der Waals surface area contributed by atoms with E-state index in [9.17, 15) is 9.90 Å². The Bertz CT molecular complexity index is 605. The molecule has 0 aliphatic carbocycles. The zero-order valence-corrected chi connectivity index (χ0v) is 13.0. The molecule has 0 saturated carbocycles. The van der Waals surface area contributed by atoms with E-state index in [4.69, 9.17) is 0 Å². The maximum atomic E-state index is 12.4. The molecule has 1 heterocycles. The highest BCUT2D eigenvalue weighted by Crippen LogP contribution is 2.27. The quantitative estimate of drug-likeness (QED) is 0.765. The summed E-state index contributed by atoms with van der Waals surface area (Å²) in [7, 11) is 3.61. The van der Waals surface area contributed by atoms with E-state index in [2.05, 4.69) is 17.2 Å². The van der Waals surface area contributed by atoms with E-state index in [-0.39, 0.29) is 11.9 Å². The number of anilines is 1. The maximum Gasteiger partial charge on any atom is 0.243 e. The normalized spacial score (nSPS) is 18.6. The van der Waals surface area contributed by atoms with Gasteiger partial charge in [-0.25, -0.2) is 0 Å². The standard InChI is InChI=1S/C17H22N2O2/c1-17(2,21)10-9-12-5-6-13-7-8-14(18-3)16(20)19(4)15(13)11-12/h5-6,11,14,18,21H,7-8H2,1-4H3. The molecule has 0 aromatic heterocycles. The van der Waals surface area contributed by atoms with Crippen LogP contribution in [0.4, 0.5) is 5.69 Å². The van der Waals surface area contributed by atoms with Crippen LogP contribution >= 0.6 is 0 Å². The molecule has 1 aromatic carbocycles. The van der Waals surface area contributed by atoms with Gasteiger partial charge >= 0.3 is 0 Å². The Morgan fingerprint density at radius 2 is 2.14 bits per heavy atom. The second-order valence-corrected chi connectivity index (χ2v) is 5.93. The summed E-state index contributed by atoms with van der Waals surface area (Å²) >= 11 is 0. The Morgan fingerprint density at radius 1 is 1.43 bits per heavy atom. The first-order chi connectivity index (χ1) is 9.81. The molecule has 0 fully saturated rings. The van der Waals surface area contributed by atoms with Crippen LogP contribution in [-0.4, -0.2) is 36.8 Å². The highest BCUT2D eigenvalue weighted by atomic mass is 16.3. The first kappa shape index (κ1) is 15.6. The van der Waals surface area contributed by atoms with Gasteiger partial charge < -0.3 is 15.3 Å². The Balaban J connectivity index is 2.38. The van der Waals surface area contributed by atoms with Crippen LogP contribution in [-0.2, 0) is 11.2 Å². The molecule has 2 rings (SSSR count). The summed E-state index contributed by atoms with van der Waals surface area (Å²) in [6.45, 7) is 3.30. The molecule has 4 nitrogen and oxygen atoms in total. The number of amides is 1. The second kappa shape index (κ2) is 5.88. The predicted molar refractivity (Wildman–Crippen MR) is 84.2 cm³/mol. The van der Waals surface area contributed by atoms with Crippen molar-refractivity contribution in [1.29, 1.82) is 0 Å². The van der Waals surface area contributed by atoms with Crippen molar-refractivity contribution in [2.24, 2.45) is 0 Å². The van der Waals surface area contributed by atoms with Gasteiger partial charge in [0.2, 0.25) is 5.91 Å². The van der Waals surface area contributed by atoms with Crippen LogP contribution in [0.2, 0.25) is 0 Å². The van der Waals surface area contributed by atoms with Crippen LogP contribution in [0.3, 0.4) is 0 Å². The number of benzene rings is 1. The van der Waals surface area contributed by atoms with Gasteiger partial charge in [0.15, 0.2) is 0 Å². The highest BCUT2D eigenvalue weighted by molar-refractivity contribution is 5.98. The lowest BCUT2D eigenvalue weighted by molar-refractivity contribution is -0.120. The lowest BCUT2D eigenvalue weighted by Crippen LogP contribution is -2.42. The molecule has 1 aromatic rings. The number of fused-ring (bicyclic) bond motifs is 1. The molecule has 2 N–H and O–H groups in total. The van der Waals surface area contributed by atoms with Gasteiger partial charge in [-0.15, -0.1) is 0 Å². The summed E-state index contributed by atoms with van der Waals surface area (Å²) < 4.78 is 0. The predicted octanol–water partition coefficient (Wildman–Crippen LogP) is 1.31. The van der Waals surface area contributed by atoms with E-state index in [0.717, 1.165) is 29.7 Å². The third-order valence-corrected chi connectivity index (χ3v) is 3.64. The molecule has 0 bridgehead atoms. The molecule has 0 spiro atoms. The summed E-state index contributed by atoms with van der Waals surface area (Å²) in [6, 6.07) is 5.74. The summed E-state index contributed by atoms with van der Waals surface area (Å²) in [5.41, 5.74) is 1.84. The van der Waals surface area contributed by atoms with Crippen molar-refractivity contribution in [3.63, 3.8) is 0 Å². The number of hydrogen-bond acceptors (Lipinski definition) is 3. The number of carbonyl (C=O) groups excluding carboxylic acids is 1. The van der Waals surface area contributed by atoms with Gasteiger partial charge in [0, 0.05) is 18.3 Å². The van der Waals surface area contributed by atoms with E-state index in [1.165, 1.54) is 0 Å². The van der Waals surface area contributed by atoms with Gasteiger partial charge in [0.1, 0.15) is 5.60 Å². The van der Waals surface area contributed by atoms with Gasteiger partial charge in [-0.05, 0) is 51.4 Å². The summed E-state index contributed by atoms with van der Waals surface area (Å²) in [6.07, 6.45) is 1.65. The van der Waals surface area contributed by atoms with Gasteiger partial charge in [-0.2, -0.15) is 0 Å². The minimum atomic E-state index is -1.02. The van der Waals surface area contributed by atoms with E-state index in [1.54, 1.807) is 25.8 Å². The molecule has 1 unspecified atom stereocenters. The molecule has 1 atom stereocenters. The monoisotopic (exact) mass is 286 g/mol. The number of rotatable bonds is 1. The zero-order chi connectivity index (χ0) is 15.6. The third-order valence-electron chi connectivity index (χ3n) is 3.64. The maximum absolute atomic E-state index is 12.4. The van der Waals surface area contributed by atoms with Gasteiger partial charge in [-0.3, -0.25) is 4.79 Å². The zero-order valence-electron chi connectivity index (χ0n) is 13.0. The Hall–Kier alpha value is -1.83. The van der Waals surface area contributed by atoms with Crippen LogP contribution in [0, 0.1) is 11.8 Å². The van der Waals surface area contributed by atoms with E-state index in [0.29, 0.717) is 0 Å². The van der Waals surface area contributed by atoms with E-state index in [1.807, 2.05) is 25.2 Å². The molecular weight excluding hydrogens is 264 g/mol. The van der Waals surface area contributed by atoms with Crippen molar-refractivity contribution in [2.45, 2.75) is 38.3 Å². The molecule has 0 radical (unpaired) electrons. The lowest BCUT2D eigenvalue weighted by atomic mass is 10.0. The van der Waals surface area contributed by atoms with Gasteiger partial charge in [-0.1, -0.05) is 17.9 Å². The minimum absolute atomic E-state index is 0.0730. The largest absolute Gasteiger partial charge is 0.378 e. The lowest BCUT2D eigenvalue weighted by Gasteiger charge is -2.21. The van der Waals surface area contributed by atoms with Crippen LogP contribution in [0.25, 0.3) is 0 Å². The third kappa shape index (κ3) is 3.63. The number of hydrogen-bond donors (Lipinski definition) is 2. The fourth-order valence-electron chi connectivity index (χ4n) is 2.43. The minimum Gasteiger partial charge on any atom is -0.378 e. The molecule has 4 heteroatoms. The first-order valence-electron chi connectivity index (χ1n) is 7.15. The van der Waals surface area contributed by atoms with E-state index < -0.39 is 5.60 Å². The van der Waals surface area contributed by atoms with Crippen molar-refractivity contribution in [3.05, 3.63) is 29.3 Å². The summed E-state index contributed by atoms with van der Waals surface area (Å²) in [5.74, 6) is 5.83. The number of aliphatic hydroxyl groups is 1. The molecule has 21 heavy (non-hydrogen) atoms. The number of likely N-dealkylation sites (N-methyl/N-ethyl adjacent to an activating group) is 2. The van der Waals surface area contributed by atoms with E-state index >= 15 is 0 Å². The van der Waals surface area contributed by atoms with Crippen LogP contribution in [0.5, 0.6) is 0 Å². The molecule has 1 aliphatic rings. The number of aryl methyl sites for hydroxylation is 1. The molecule has 1 amide bonds.